The van der Waals surface area contributed by atoms with E-state index < -0.39 is 0 Å². The Balaban J connectivity index is 2.20. The highest BCUT2D eigenvalue weighted by Crippen LogP contribution is 2.37. The van der Waals surface area contributed by atoms with E-state index >= 15 is 0 Å². The van der Waals surface area contributed by atoms with Crippen LogP contribution in [0.1, 0.15) is 32.2 Å². The summed E-state index contributed by atoms with van der Waals surface area (Å²) in [6, 6.07) is 0.595. The monoisotopic (exact) mass is 211 g/mol. The van der Waals surface area contributed by atoms with Crippen molar-refractivity contribution in [2.24, 2.45) is 5.41 Å². The Kier molecular flexibility index (Phi) is 2.26. The first-order chi connectivity index (χ1) is 6.48. The molecule has 0 aromatic carbocycles. The highest BCUT2D eigenvalue weighted by molar-refractivity contribution is 7.15. The highest BCUT2D eigenvalue weighted by atomic mass is 32.1. The Morgan fingerprint density at radius 3 is 2.57 bits per heavy atom. The van der Waals surface area contributed by atoms with Gasteiger partial charge >= 0.3 is 0 Å². The molecule has 2 rings (SSSR count). The predicted octanol–water partition coefficient (Wildman–Crippen LogP) is 2.47. The maximum Gasteiger partial charge on any atom is 0.208 e. The van der Waals surface area contributed by atoms with Crippen LogP contribution in [0.15, 0.2) is 0 Å². The van der Waals surface area contributed by atoms with Crippen LogP contribution in [-0.2, 0) is 0 Å². The molecule has 3 nitrogen and oxygen atoms in total. The highest BCUT2D eigenvalue weighted by Gasteiger charge is 2.36. The zero-order chi connectivity index (χ0) is 10.3. The Morgan fingerprint density at radius 2 is 2.14 bits per heavy atom. The molecule has 0 spiro atoms. The van der Waals surface area contributed by atoms with Gasteiger partial charge in [0, 0.05) is 12.6 Å². The van der Waals surface area contributed by atoms with E-state index in [4.69, 9.17) is 0 Å². The van der Waals surface area contributed by atoms with Gasteiger partial charge in [-0.2, -0.15) is 0 Å². The Labute approximate surface area is 89.2 Å². The molecule has 0 amide bonds. The lowest BCUT2D eigenvalue weighted by Gasteiger charge is -2.20. The van der Waals surface area contributed by atoms with E-state index in [1.807, 2.05) is 6.92 Å². The molecule has 2 heterocycles. The van der Waals surface area contributed by atoms with Crippen molar-refractivity contribution in [2.45, 2.75) is 40.2 Å². The summed E-state index contributed by atoms with van der Waals surface area (Å²) < 4.78 is 0. The summed E-state index contributed by atoms with van der Waals surface area (Å²) >= 11 is 1.69. The van der Waals surface area contributed by atoms with Crippen LogP contribution in [0.2, 0.25) is 0 Å². The third-order valence-electron chi connectivity index (χ3n) is 2.74. The van der Waals surface area contributed by atoms with E-state index in [-0.39, 0.29) is 0 Å². The quantitative estimate of drug-likeness (QED) is 0.714. The molecule has 1 saturated heterocycles. The van der Waals surface area contributed by atoms with Gasteiger partial charge in [0.15, 0.2) is 0 Å². The minimum atomic E-state index is 0.416. The van der Waals surface area contributed by atoms with Crippen molar-refractivity contribution in [3.8, 4) is 0 Å². The molecule has 4 heteroatoms. The number of nitrogens with zero attached hydrogens (tertiary/aromatic N) is 3. The first kappa shape index (κ1) is 9.90. The fourth-order valence-corrected chi connectivity index (χ4v) is 3.04. The SMILES string of the molecule is Cc1nnc(N2CC(C)(C)CC2C)s1. The van der Waals surface area contributed by atoms with Crippen molar-refractivity contribution in [1.82, 2.24) is 10.2 Å². The lowest BCUT2D eigenvalue weighted by atomic mass is 9.91. The summed E-state index contributed by atoms with van der Waals surface area (Å²) in [7, 11) is 0. The molecule has 0 saturated carbocycles. The van der Waals surface area contributed by atoms with Gasteiger partial charge in [0.1, 0.15) is 5.01 Å². The summed E-state index contributed by atoms with van der Waals surface area (Å²) in [4.78, 5) is 2.38. The molecule has 1 atom stereocenters. The maximum atomic E-state index is 4.21. The number of anilines is 1. The molecule has 0 N–H and O–H groups in total. The zero-order valence-corrected chi connectivity index (χ0v) is 10.1. The summed E-state index contributed by atoms with van der Waals surface area (Å²) in [5.74, 6) is 0. The van der Waals surface area contributed by atoms with Crippen molar-refractivity contribution < 1.29 is 0 Å². The first-order valence-electron chi connectivity index (χ1n) is 5.05. The van der Waals surface area contributed by atoms with Gasteiger partial charge in [0.2, 0.25) is 5.13 Å². The maximum absolute atomic E-state index is 4.21. The number of aromatic nitrogens is 2. The Hall–Kier alpha value is -0.640. The normalized spacial score (nSPS) is 25.7. The lowest BCUT2D eigenvalue weighted by Crippen LogP contribution is -2.27. The molecular formula is C10H17N3S. The number of rotatable bonds is 1. The average Bonchev–Trinajstić information content (AvgIpc) is 2.55. The van der Waals surface area contributed by atoms with Crippen LogP contribution in [0, 0.1) is 12.3 Å². The van der Waals surface area contributed by atoms with E-state index in [2.05, 4.69) is 35.9 Å². The molecule has 0 aliphatic carbocycles. The molecule has 14 heavy (non-hydrogen) atoms. The molecule has 0 bridgehead atoms. The molecule has 1 aliphatic heterocycles. The van der Waals surface area contributed by atoms with Crippen molar-refractivity contribution in [3.63, 3.8) is 0 Å². The molecular weight excluding hydrogens is 194 g/mol. The van der Waals surface area contributed by atoms with E-state index in [0.717, 1.165) is 16.7 Å². The van der Waals surface area contributed by atoms with Gasteiger partial charge in [-0.3, -0.25) is 0 Å². The summed E-state index contributed by atoms with van der Waals surface area (Å²) in [5, 5.41) is 10.4. The molecule has 1 aromatic rings. The van der Waals surface area contributed by atoms with E-state index in [0.29, 0.717) is 11.5 Å². The van der Waals surface area contributed by atoms with Crippen LogP contribution in [0.3, 0.4) is 0 Å². The lowest BCUT2D eigenvalue weighted by molar-refractivity contribution is 0.406. The van der Waals surface area contributed by atoms with Gasteiger partial charge in [-0.15, -0.1) is 10.2 Å². The van der Waals surface area contributed by atoms with Gasteiger partial charge in [-0.25, -0.2) is 0 Å². The minimum Gasteiger partial charge on any atom is -0.343 e. The molecule has 78 valence electrons. The van der Waals surface area contributed by atoms with E-state index in [1.54, 1.807) is 11.3 Å². The van der Waals surface area contributed by atoms with Gasteiger partial charge in [0.05, 0.1) is 0 Å². The Morgan fingerprint density at radius 1 is 1.43 bits per heavy atom. The van der Waals surface area contributed by atoms with Gasteiger partial charge < -0.3 is 4.90 Å². The fraction of sp³-hybridized carbons (Fsp3) is 0.800. The topological polar surface area (TPSA) is 29.0 Å². The van der Waals surface area contributed by atoms with E-state index in [9.17, 15) is 0 Å². The van der Waals surface area contributed by atoms with Crippen LogP contribution < -0.4 is 4.90 Å². The average molecular weight is 211 g/mol. The van der Waals surface area contributed by atoms with Gasteiger partial charge in [-0.1, -0.05) is 25.2 Å². The number of aryl methyl sites for hydroxylation is 1. The summed E-state index contributed by atoms with van der Waals surface area (Å²) in [5.41, 5.74) is 0.416. The van der Waals surface area contributed by atoms with Crippen LogP contribution in [-0.4, -0.2) is 22.8 Å². The second-order valence-corrected chi connectivity index (χ2v) is 6.11. The van der Waals surface area contributed by atoms with Crippen LogP contribution >= 0.6 is 11.3 Å². The minimum absolute atomic E-state index is 0.416. The fourth-order valence-electron chi connectivity index (χ4n) is 2.25. The smallest absolute Gasteiger partial charge is 0.208 e. The van der Waals surface area contributed by atoms with E-state index in [1.165, 1.54) is 6.42 Å². The standard InChI is InChI=1S/C10H17N3S/c1-7-5-10(3,4)6-13(7)9-12-11-8(2)14-9/h7H,5-6H2,1-4H3. The third kappa shape index (κ3) is 1.75. The van der Waals surface area contributed by atoms with Crippen molar-refractivity contribution in [2.75, 3.05) is 11.4 Å². The number of hydrogen-bond acceptors (Lipinski definition) is 4. The predicted molar refractivity (Wildman–Crippen MR) is 59.9 cm³/mol. The van der Waals surface area contributed by atoms with Crippen LogP contribution in [0.5, 0.6) is 0 Å². The van der Waals surface area contributed by atoms with Crippen LogP contribution in [0.4, 0.5) is 5.13 Å². The summed E-state index contributed by atoms with van der Waals surface area (Å²) in [6.07, 6.45) is 1.24. The second-order valence-electron chi connectivity index (χ2n) is 4.95. The van der Waals surface area contributed by atoms with Gasteiger partial charge in [0.25, 0.3) is 0 Å². The van der Waals surface area contributed by atoms with Crippen molar-refractivity contribution in [3.05, 3.63) is 5.01 Å². The summed E-state index contributed by atoms with van der Waals surface area (Å²) in [6.45, 7) is 10.0. The largest absolute Gasteiger partial charge is 0.343 e. The van der Waals surface area contributed by atoms with Crippen LogP contribution in [0.25, 0.3) is 0 Å². The molecule has 1 fully saturated rings. The molecule has 1 aliphatic rings. The van der Waals surface area contributed by atoms with Crippen molar-refractivity contribution >= 4 is 16.5 Å². The third-order valence-corrected chi connectivity index (χ3v) is 3.62. The molecule has 1 aromatic heterocycles. The zero-order valence-electron chi connectivity index (χ0n) is 9.24. The molecule has 0 radical (unpaired) electrons. The van der Waals surface area contributed by atoms with Crippen molar-refractivity contribution in [1.29, 1.82) is 0 Å². The van der Waals surface area contributed by atoms with Gasteiger partial charge in [-0.05, 0) is 25.7 Å². The second kappa shape index (κ2) is 3.19. The molecule has 1 unspecified atom stereocenters. The number of hydrogen-bond donors (Lipinski definition) is 0. The first-order valence-corrected chi connectivity index (χ1v) is 5.86. The Bertz CT molecular complexity index is 332.